The van der Waals surface area contributed by atoms with Crippen LogP contribution in [0, 0.1) is 6.92 Å². The van der Waals surface area contributed by atoms with Crippen molar-refractivity contribution >= 4 is 32.6 Å². The Morgan fingerprint density at radius 2 is 2.30 bits per heavy atom. The number of rotatable bonds is 4. The van der Waals surface area contributed by atoms with Gasteiger partial charge in [0.15, 0.2) is 5.78 Å². The SMILES string of the molecule is Cc1cc2c(=O)n(CC(=O)CC3OCCC3O)cnc2cc1Br. The van der Waals surface area contributed by atoms with Gasteiger partial charge in [0.05, 0.1) is 36.0 Å². The molecule has 122 valence electrons. The molecule has 1 fully saturated rings. The molecule has 1 aromatic carbocycles. The monoisotopic (exact) mass is 380 g/mol. The first-order chi connectivity index (χ1) is 11.0. The van der Waals surface area contributed by atoms with E-state index in [2.05, 4.69) is 20.9 Å². The predicted molar refractivity (Wildman–Crippen MR) is 88.4 cm³/mol. The van der Waals surface area contributed by atoms with Crippen LogP contribution >= 0.6 is 15.9 Å². The molecule has 1 aliphatic rings. The van der Waals surface area contributed by atoms with Crippen molar-refractivity contribution < 1.29 is 14.6 Å². The van der Waals surface area contributed by atoms with Gasteiger partial charge >= 0.3 is 0 Å². The molecule has 0 amide bonds. The summed E-state index contributed by atoms with van der Waals surface area (Å²) in [6.07, 6.45) is 0.959. The number of carbonyl (C=O) groups is 1. The highest BCUT2D eigenvalue weighted by Gasteiger charge is 2.28. The Labute approximate surface area is 141 Å². The molecule has 2 aromatic rings. The van der Waals surface area contributed by atoms with E-state index in [0.29, 0.717) is 23.9 Å². The molecule has 2 heterocycles. The number of benzene rings is 1. The van der Waals surface area contributed by atoms with Crippen LogP contribution < -0.4 is 5.56 Å². The van der Waals surface area contributed by atoms with Crippen molar-refractivity contribution in [3.05, 3.63) is 38.9 Å². The highest BCUT2D eigenvalue weighted by atomic mass is 79.9. The Balaban J connectivity index is 1.83. The van der Waals surface area contributed by atoms with Gasteiger partial charge in [0.25, 0.3) is 5.56 Å². The van der Waals surface area contributed by atoms with E-state index < -0.39 is 12.2 Å². The standard InChI is InChI=1S/C16H17BrN2O4/c1-9-4-11-13(6-12(9)17)18-8-19(16(11)22)7-10(20)5-15-14(21)2-3-23-15/h4,6,8,14-15,21H,2-3,5,7H2,1H3. The number of carbonyl (C=O) groups excluding carboxylic acids is 1. The summed E-state index contributed by atoms with van der Waals surface area (Å²) >= 11 is 3.41. The number of aryl methyl sites for hydroxylation is 1. The van der Waals surface area contributed by atoms with Gasteiger partial charge in [0.2, 0.25) is 0 Å². The van der Waals surface area contributed by atoms with E-state index in [-0.39, 0.29) is 24.3 Å². The lowest BCUT2D eigenvalue weighted by atomic mass is 10.1. The van der Waals surface area contributed by atoms with Crippen molar-refractivity contribution in [2.24, 2.45) is 0 Å². The summed E-state index contributed by atoms with van der Waals surface area (Å²) in [7, 11) is 0. The number of fused-ring (bicyclic) bond motifs is 1. The maximum absolute atomic E-state index is 12.5. The maximum atomic E-state index is 12.5. The van der Waals surface area contributed by atoms with Gasteiger partial charge in [-0.3, -0.25) is 14.2 Å². The Morgan fingerprint density at radius 3 is 3.00 bits per heavy atom. The van der Waals surface area contributed by atoms with Crippen molar-refractivity contribution in [2.45, 2.75) is 38.5 Å². The molecule has 0 saturated carbocycles. The summed E-state index contributed by atoms with van der Waals surface area (Å²) in [5.41, 5.74) is 1.28. The molecule has 1 aromatic heterocycles. The Morgan fingerprint density at radius 1 is 1.52 bits per heavy atom. The summed E-state index contributed by atoms with van der Waals surface area (Å²) < 4.78 is 7.52. The molecule has 0 spiro atoms. The normalized spacial score (nSPS) is 21.0. The minimum absolute atomic E-state index is 0.0660. The first kappa shape index (κ1) is 16.3. The smallest absolute Gasteiger partial charge is 0.261 e. The minimum atomic E-state index is -0.606. The van der Waals surface area contributed by atoms with Crippen LogP contribution in [-0.2, 0) is 16.1 Å². The zero-order chi connectivity index (χ0) is 16.6. The molecule has 7 heteroatoms. The molecule has 1 aliphatic heterocycles. The van der Waals surface area contributed by atoms with E-state index in [4.69, 9.17) is 4.74 Å². The molecular weight excluding hydrogens is 364 g/mol. The number of ketones is 1. The molecule has 0 bridgehead atoms. The number of nitrogens with zero attached hydrogens (tertiary/aromatic N) is 2. The average Bonchev–Trinajstić information content (AvgIpc) is 2.89. The molecule has 1 saturated heterocycles. The van der Waals surface area contributed by atoms with Crippen molar-refractivity contribution in [3.63, 3.8) is 0 Å². The quantitative estimate of drug-likeness (QED) is 0.870. The molecule has 1 N–H and O–H groups in total. The number of aliphatic hydroxyl groups is 1. The number of halogens is 1. The van der Waals surface area contributed by atoms with Crippen LogP contribution in [0.2, 0.25) is 0 Å². The summed E-state index contributed by atoms with van der Waals surface area (Å²) in [5.74, 6) is -0.159. The van der Waals surface area contributed by atoms with Crippen molar-refractivity contribution in [3.8, 4) is 0 Å². The van der Waals surface area contributed by atoms with E-state index >= 15 is 0 Å². The number of Topliss-reactive ketones (excluding diaryl/α,β-unsaturated/α-hetero) is 1. The van der Waals surface area contributed by atoms with E-state index in [1.807, 2.05) is 6.92 Å². The first-order valence-corrected chi connectivity index (χ1v) is 8.21. The van der Waals surface area contributed by atoms with Gasteiger partial charge in [-0.1, -0.05) is 15.9 Å². The number of aromatic nitrogens is 2. The van der Waals surface area contributed by atoms with Crippen molar-refractivity contribution in [1.82, 2.24) is 9.55 Å². The molecule has 23 heavy (non-hydrogen) atoms. The number of hydrogen-bond donors (Lipinski definition) is 1. The molecule has 0 aliphatic carbocycles. The maximum Gasteiger partial charge on any atom is 0.261 e. The van der Waals surface area contributed by atoms with Gasteiger partial charge in [-0.15, -0.1) is 0 Å². The molecule has 3 rings (SSSR count). The van der Waals surface area contributed by atoms with Crippen LogP contribution in [-0.4, -0.2) is 39.3 Å². The predicted octanol–water partition coefficient (Wildman–Crippen LogP) is 1.58. The third kappa shape index (κ3) is 3.36. The second kappa shape index (κ2) is 6.51. The fourth-order valence-electron chi connectivity index (χ4n) is 2.71. The summed E-state index contributed by atoms with van der Waals surface area (Å²) in [5, 5.41) is 10.2. The Bertz CT molecular complexity index is 818. The first-order valence-electron chi connectivity index (χ1n) is 7.42. The highest BCUT2D eigenvalue weighted by molar-refractivity contribution is 9.10. The van der Waals surface area contributed by atoms with Crippen LogP contribution in [0.5, 0.6) is 0 Å². The fourth-order valence-corrected chi connectivity index (χ4v) is 3.04. The topological polar surface area (TPSA) is 81.4 Å². The molecule has 0 radical (unpaired) electrons. The van der Waals surface area contributed by atoms with E-state index in [0.717, 1.165) is 10.0 Å². The minimum Gasteiger partial charge on any atom is -0.390 e. The number of hydrogen-bond acceptors (Lipinski definition) is 5. The van der Waals surface area contributed by atoms with Gasteiger partial charge in [0.1, 0.15) is 0 Å². The fraction of sp³-hybridized carbons (Fsp3) is 0.438. The zero-order valence-electron chi connectivity index (χ0n) is 12.7. The van der Waals surface area contributed by atoms with E-state index in [1.54, 1.807) is 12.1 Å². The average molecular weight is 381 g/mol. The second-order valence-electron chi connectivity index (χ2n) is 5.80. The van der Waals surface area contributed by atoms with Crippen molar-refractivity contribution in [2.75, 3.05) is 6.61 Å². The molecule has 2 atom stereocenters. The van der Waals surface area contributed by atoms with Crippen LogP contribution in [0.4, 0.5) is 0 Å². The Hall–Kier alpha value is -1.57. The van der Waals surface area contributed by atoms with Crippen LogP contribution in [0.25, 0.3) is 10.9 Å². The Kier molecular flexibility index (Phi) is 4.61. The van der Waals surface area contributed by atoms with Gasteiger partial charge in [-0.2, -0.15) is 0 Å². The second-order valence-corrected chi connectivity index (χ2v) is 6.66. The van der Waals surface area contributed by atoms with Gasteiger partial charge in [-0.25, -0.2) is 4.98 Å². The van der Waals surface area contributed by atoms with Crippen molar-refractivity contribution in [1.29, 1.82) is 0 Å². The van der Waals surface area contributed by atoms with Gasteiger partial charge < -0.3 is 9.84 Å². The summed E-state index contributed by atoms with van der Waals surface area (Å²) in [6, 6.07) is 3.56. The summed E-state index contributed by atoms with van der Waals surface area (Å²) in [6.45, 7) is 2.29. The number of aliphatic hydroxyl groups excluding tert-OH is 1. The van der Waals surface area contributed by atoms with E-state index in [1.165, 1.54) is 10.9 Å². The lowest BCUT2D eigenvalue weighted by Crippen LogP contribution is -2.29. The third-order valence-electron chi connectivity index (χ3n) is 4.05. The lowest BCUT2D eigenvalue weighted by molar-refractivity contribution is -0.123. The van der Waals surface area contributed by atoms with Crippen LogP contribution in [0.1, 0.15) is 18.4 Å². The number of ether oxygens (including phenoxy) is 1. The van der Waals surface area contributed by atoms with Crippen LogP contribution in [0.15, 0.2) is 27.7 Å². The van der Waals surface area contributed by atoms with Crippen LogP contribution in [0.3, 0.4) is 0 Å². The largest absolute Gasteiger partial charge is 0.390 e. The molecular formula is C16H17BrN2O4. The van der Waals surface area contributed by atoms with Gasteiger partial charge in [0, 0.05) is 17.5 Å². The highest BCUT2D eigenvalue weighted by Crippen LogP contribution is 2.20. The van der Waals surface area contributed by atoms with Gasteiger partial charge in [-0.05, 0) is 31.0 Å². The molecule has 6 nitrogen and oxygen atoms in total. The third-order valence-corrected chi connectivity index (χ3v) is 4.91. The lowest BCUT2D eigenvalue weighted by Gasteiger charge is -2.13. The molecule has 2 unspecified atom stereocenters. The summed E-state index contributed by atoms with van der Waals surface area (Å²) in [4.78, 5) is 28.9. The zero-order valence-corrected chi connectivity index (χ0v) is 14.2. The van der Waals surface area contributed by atoms with E-state index in [9.17, 15) is 14.7 Å².